The molecular weight excluding hydrogens is 883 g/mol. The van der Waals surface area contributed by atoms with E-state index in [2.05, 4.69) is 24.1 Å². The molecule has 61 heavy (non-hydrogen) atoms. The number of hydrogen-bond donors (Lipinski definition) is 7. The van der Waals surface area contributed by atoms with E-state index < -0.39 is 43.8 Å². The average Bonchev–Trinajstić information content (AvgIpc) is 3.31. The van der Waals surface area contributed by atoms with E-state index in [1.807, 2.05) is 14.1 Å². The molecule has 1 atom stereocenters. The van der Waals surface area contributed by atoms with Gasteiger partial charge < -0.3 is 101 Å². The number of hydrogen-bond acceptors (Lipinski definition) is 21. The van der Waals surface area contributed by atoms with E-state index in [0.29, 0.717) is 31.7 Å². The van der Waals surface area contributed by atoms with Crippen molar-refractivity contribution in [2.45, 2.75) is 69.8 Å². The van der Waals surface area contributed by atoms with Gasteiger partial charge >= 0.3 is 43.8 Å². The Morgan fingerprint density at radius 3 is 0.984 bits per heavy atom. The van der Waals surface area contributed by atoms with Gasteiger partial charge in [0.15, 0.2) is 0 Å². The first-order chi connectivity index (χ1) is 29.0. The normalized spacial score (nSPS) is 12.2. The minimum absolute atomic E-state index is 0.316. The van der Waals surface area contributed by atoms with Crippen LogP contribution in [-0.4, -0.2) is 203 Å². The van der Waals surface area contributed by atoms with E-state index in [4.69, 9.17) is 90.6 Å². The summed E-state index contributed by atoms with van der Waals surface area (Å²) in [7, 11) is 15.2. The first-order valence-electron chi connectivity index (χ1n) is 20.5. The van der Waals surface area contributed by atoms with Crippen molar-refractivity contribution in [1.29, 1.82) is 0 Å². The van der Waals surface area contributed by atoms with Gasteiger partial charge in [0.05, 0.1) is 6.17 Å². The molecule has 0 fully saturated rings. The van der Waals surface area contributed by atoms with E-state index in [9.17, 15) is 0 Å². The summed E-state index contributed by atoms with van der Waals surface area (Å²) in [4.78, 5) is 0. The lowest BCUT2D eigenvalue weighted by atomic mass is 10.1. The summed E-state index contributed by atoms with van der Waals surface area (Å²) in [6, 6.07) is 3.48. The number of unbranched alkanes of at least 4 members (excludes halogenated alkanes) is 1. The number of nitrogens with one attached hydrogen (secondary N) is 2. The molecule has 26 heteroatoms. The van der Waals surface area contributed by atoms with Crippen molar-refractivity contribution in [1.82, 2.24) is 10.6 Å². The summed E-state index contributed by atoms with van der Waals surface area (Å²) < 4.78 is 72.7. The second kappa shape index (κ2) is 49.7. The number of nitrogens with two attached hydrogens (primary N) is 5. The Labute approximate surface area is 378 Å². The van der Waals surface area contributed by atoms with Crippen LogP contribution >= 0.6 is 0 Å². The van der Waals surface area contributed by atoms with Crippen molar-refractivity contribution in [3.8, 4) is 0 Å². The van der Waals surface area contributed by atoms with E-state index >= 15 is 0 Å². The molecule has 0 spiro atoms. The third kappa shape index (κ3) is 39.2. The highest BCUT2D eigenvalue weighted by atomic mass is 28.4. The highest BCUT2D eigenvalue weighted by Gasteiger charge is 2.38. The summed E-state index contributed by atoms with van der Waals surface area (Å²) in [6.07, 6.45) is 5.25. The predicted octanol–water partition coefficient (Wildman–Crippen LogP) is 1.15. The maximum absolute atomic E-state index is 5.52. The van der Waals surface area contributed by atoms with Gasteiger partial charge in [-0.15, -0.1) is 0 Å². The molecule has 0 aromatic carbocycles. The summed E-state index contributed by atoms with van der Waals surface area (Å²) in [5.41, 5.74) is 26.9. The fourth-order valence-electron chi connectivity index (χ4n) is 4.54. The van der Waals surface area contributed by atoms with Gasteiger partial charge in [0, 0.05) is 131 Å². The van der Waals surface area contributed by atoms with Crippen molar-refractivity contribution >= 4 is 43.8 Å². The molecule has 0 aliphatic rings. The molecule has 12 N–H and O–H groups in total. The summed E-state index contributed by atoms with van der Waals surface area (Å²) in [5.74, 6) is 0.571. The molecule has 0 aliphatic heterocycles. The van der Waals surface area contributed by atoms with Crippen LogP contribution in [0.3, 0.4) is 0 Å². The van der Waals surface area contributed by atoms with Gasteiger partial charge in [-0.3, -0.25) is 0 Å². The second-order valence-electron chi connectivity index (χ2n) is 13.1. The van der Waals surface area contributed by atoms with Crippen LogP contribution in [0.4, 0.5) is 0 Å². The molecule has 0 aliphatic carbocycles. The molecule has 0 radical (unpaired) electrons. The SMILES string of the molecule is CNC.CO[Si](C)(CCC(C)CN)OC.CO[Si](CCCCN)(OC)OC.CO[Si](CCCN)(OC)OC.CO[Si](CCCNCCN)(OC)OC.CO[Si](CN)(OC)OC. The zero-order valence-electron chi connectivity index (χ0n) is 42.0. The molecular formula is C35H99N7O14Si5. The van der Waals surface area contributed by atoms with Gasteiger partial charge in [-0.2, -0.15) is 0 Å². The highest BCUT2D eigenvalue weighted by Crippen LogP contribution is 2.18. The van der Waals surface area contributed by atoms with Crippen LogP contribution in [0.25, 0.3) is 0 Å². The lowest BCUT2D eigenvalue weighted by molar-refractivity contribution is 0.122. The van der Waals surface area contributed by atoms with Gasteiger partial charge in [-0.05, 0) is 90.9 Å². The minimum atomic E-state index is -2.41. The zero-order valence-corrected chi connectivity index (χ0v) is 47.0. The predicted molar refractivity (Wildman–Crippen MR) is 257 cm³/mol. The van der Waals surface area contributed by atoms with Crippen molar-refractivity contribution in [3.05, 3.63) is 0 Å². The van der Waals surface area contributed by atoms with Crippen LogP contribution in [0.1, 0.15) is 39.0 Å². The molecule has 0 aromatic heterocycles. The average molecular weight is 983 g/mol. The Morgan fingerprint density at radius 1 is 0.410 bits per heavy atom. The van der Waals surface area contributed by atoms with Gasteiger partial charge in [-0.25, -0.2) is 0 Å². The first-order valence-corrected chi connectivity index (χ1v) is 30.7. The molecule has 0 aromatic rings. The van der Waals surface area contributed by atoms with Crippen LogP contribution in [0.15, 0.2) is 0 Å². The Bertz CT molecular complexity index is 808. The largest absolute Gasteiger partial charge is 0.514 e. The molecule has 21 nitrogen and oxygen atoms in total. The quantitative estimate of drug-likeness (QED) is 0.0368. The molecule has 1 unspecified atom stereocenters. The maximum Gasteiger partial charge on any atom is 0.514 e. The Kier molecular flexibility index (Phi) is 59.3. The van der Waals surface area contributed by atoms with Crippen molar-refractivity contribution in [2.24, 2.45) is 34.6 Å². The van der Waals surface area contributed by atoms with Crippen LogP contribution in [0, 0.1) is 5.92 Å². The molecule has 0 rings (SSSR count). The minimum Gasteiger partial charge on any atom is -0.398 e. The molecule has 0 heterocycles. The fourth-order valence-corrected chi connectivity index (χ4v) is 12.4. The van der Waals surface area contributed by atoms with Crippen molar-refractivity contribution in [2.75, 3.05) is 159 Å². The van der Waals surface area contributed by atoms with Gasteiger partial charge in [0.25, 0.3) is 0 Å². The van der Waals surface area contributed by atoms with Crippen molar-refractivity contribution in [3.63, 3.8) is 0 Å². The molecule has 0 amide bonds. The smallest absolute Gasteiger partial charge is 0.398 e. The van der Waals surface area contributed by atoms with E-state index in [0.717, 1.165) is 75.9 Å². The Morgan fingerprint density at radius 2 is 0.738 bits per heavy atom. The number of rotatable bonds is 32. The zero-order chi connectivity index (χ0) is 48.7. The molecule has 378 valence electrons. The van der Waals surface area contributed by atoms with Gasteiger partial charge in [0.1, 0.15) is 0 Å². The van der Waals surface area contributed by atoms with Gasteiger partial charge in [0.2, 0.25) is 0 Å². The van der Waals surface area contributed by atoms with Crippen LogP contribution in [-0.2, 0) is 62.0 Å². The van der Waals surface area contributed by atoms with E-state index in [-0.39, 0.29) is 0 Å². The Hall–Kier alpha value is 0.244. The molecule has 0 saturated carbocycles. The summed E-state index contributed by atoms with van der Waals surface area (Å²) in [6.45, 7) is 8.77. The van der Waals surface area contributed by atoms with E-state index in [1.54, 1.807) is 78.2 Å². The first kappa shape index (κ1) is 72.8. The monoisotopic (exact) mass is 982 g/mol. The van der Waals surface area contributed by atoms with Crippen LogP contribution in [0.2, 0.25) is 30.7 Å². The lowest BCUT2D eigenvalue weighted by Crippen LogP contribution is -2.50. The topological polar surface area (TPSA) is 283 Å². The van der Waals surface area contributed by atoms with Gasteiger partial charge in [-0.1, -0.05) is 6.92 Å². The summed E-state index contributed by atoms with van der Waals surface area (Å²) in [5, 5.41) is 5.96. The summed E-state index contributed by atoms with van der Waals surface area (Å²) >= 11 is 0. The third-order valence-corrected chi connectivity index (χ3v) is 22.9. The molecule has 0 bridgehead atoms. The van der Waals surface area contributed by atoms with E-state index in [1.165, 1.54) is 21.3 Å². The fraction of sp³-hybridized carbons (Fsp3) is 1.00. The van der Waals surface area contributed by atoms with Crippen LogP contribution < -0.4 is 39.3 Å². The highest BCUT2D eigenvalue weighted by molar-refractivity contribution is 6.66. The second-order valence-corrected chi connectivity index (χ2v) is 28.9. The van der Waals surface area contributed by atoms with Crippen LogP contribution in [0.5, 0.6) is 0 Å². The standard InChI is InChI=1S/C8H22N2O3Si.C8H21NO2Si.C7H19NO3Si.C6H17NO3Si.C4H13NO3Si.C2H7N/c1-11-14(12-2,13-3)8-4-6-10-7-5-9;1-8(7-9)5-6-12(4,10-2)11-3;1-9-12(10-2,11-3)7-5-4-6-8;1-8-11(9-2,10-3)6-4-5-7;1-6-9(4-5,7-2)8-3;1-3-2/h10H,4-9H2,1-3H3;8H,5-7,9H2,1-4H3;4-8H2,1-3H3;4-7H2,1-3H3;4-5H2,1-3H3;3H,1-2H3. The lowest BCUT2D eigenvalue weighted by Gasteiger charge is -2.24. The third-order valence-electron chi connectivity index (χ3n) is 9.12. The molecule has 0 saturated heterocycles. The Balaban J connectivity index is -0.000000153. The maximum atomic E-state index is 5.52. The van der Waals surface area contributed by atoms with Crippen molar-refractivity contribution < 1.29 is 62.0 Å².